The van der Waals surface area contributed by atoms with Crippen LogP contribution in [0.2, 0.25) is 0 Å². The molecule has 5 aliphatic rings. The van der Waals surface area contributed by atoms with Crippen LogP contribution >= 0.6 is 0 Å². The number of fused-ring (bicyclic) bond motifs is 2. The highest BCUT2D eigenvalue weighted by Crippen LogP contribution is 2.60. The molecular weight excluding hydrogens is 500 g/mol. The molecule has 0 aromatic heterocycles. The lowest BCUT2D eigenvalue weighted by Crippen LogP contribution is -2.70. The van der Waals surface area contributed by atoms with Crippen molar-refractivity contribution in [3.63, 3.8) is 0 Å². The van der Waals surface area contributed by atoms with E-state index in [9.17, 15) is 5.11 Å². The van der Waals surface area contributed by atoms with Gasteiger partial charge in [0.2, 0.25) is 5.79 Å². The highest BCUT2D eigenvalue weighted by Gasteiger charge is 2.69. The summed E-state index contributed by atoms with van der Waals surface area (Å²) in [4.78, 5) is 12.2. The second-order valence-electron chi connectivity index (χ2n) is 14.4. The molecule has 1 aliphatic carbocycles. The topological polar surface area (TPSA) is 57.2 Å². The van der Waals surface area contributed by atoms with Gasteiger partial charge in [-0.1, -0.05) is 124 Å². The molecule has 1 N–H and O–H groups in total. The van der Waals surface area contributed by atoms with Gasteiger partial charge in [-0.3, -0.25) is 0 Å². The third kappa shape index (κ3) is 8.24. The Hall–Kier alpha value is -0.200. The highest BCUT2D eigenvalue weighted by atomic mass is 17.3. The maximum Gasteiger partial charge on any atom is 0.201 e. The van der Waals surface area contributed by atoms with Gasteiger partial charge in [-0.05, 0) is 56.8 Å². The van der Waals surface area contributed by atoms with E-state index in [2.05, 4.69) is 20.8 Å². The van der Waals surface area contributed by atoms with Crippen molar-refractivity contribution >= 4 is 0 Å². The van der Waals surface area contributed by atoms with Crippen LogP contribution in [-0.2, 0) is 19.2 Å². The van der Waals surface area contributed by atoms with Gasteiger partial charge < -0.3 is 14.6 Å². The Morgan fingerprint density at radius 2 is 1.30 bits per heavy atom. The molecule has 234 valence electrons. The quantitative estimate of drug-likeness (QED) is 0.125. The predicted octanol–water partition coefficient (Wildman–Crippen LogP) is 9.64. The fraction of sp³-hybridized carbons (Fsp3) is 1.00. The van der Waals surface area contributed by atoms with Crippen LogP contribution in [0.3, 0.4) is 0 Å². The molecule has 5 rings (SSSR count). The van der Waals surface area contributed by atoms with E-state index in [-0.39, 0.29) is 12.2 Å². The molecule has 1 spiro atoms. The SMILES string of the molecule is CCCCCCCCCCCCCCCCCC[C@H](O)C[C@H]1O[C@@H]2O[C@@]3(C)CC[C@H]4[C@H](C)CC[C@@H]([C@H]1C)[C@@]24OO3. The minimum absolute atomic E-state index is 0.0114. The molecule has 4 aliphatic heterocycles. The molecule has 0 amide bonds. The standard InChI is InChI=1S/C35H64O5/c1-5-6-7-8-9-10-11-12-13-14-15-16-17-18-19-20-21-29(36)26-32-28(3)31-23-22-27(2)30-24-25-34(4)38-33(37-32)35(30,31)40-39-34/h27-33,36H,5-26H2,1-4H3/t27-,28-,29+,30+,31+,32-,33-,34-,35-/m1/s1. The van der Waals surface area contributed by atoms with Crippen LogP contribution in [0.5, 0.6) is 0 Å². The fourth-order valence-electron chi connectivity index (χ4n) is 8.56. The Morgan fingerprint density at radius 3 is 1.90 bits per heavy atom. The monoisotopic (exact) mass is 564 g/mol. The van der Waals surface area contributed by atoms with Crippen LogP contribution in [0.25, 0.3) is 0 Å². The van der Waals surface area contributed by atoms with E-state index in [1.165, 1.54) is 103 Å². The van der Waals surface area contributed by atoms with Gasteiger partial charge >= 0.3 is 0 Å². The summed E-state index contributed by atoms with van der Waals surface area (Å²) in [6.45, 7) is 8.94. The van der Waals surface area contributed by atoms with Crippen molar-refractivity contribution in [3.8, 4) is 0 Å². The molecular formula is C35H64O5. The average molecular weight is 565 g/mol. The number of hydrogen-bond donors (Lipinski definition) is 1. The molecule has 40 heavy (non-hydrogen) atoms. The Morgan fingerprint density at radius 1 is 0.725 bits per heavy atom. The first-order valence-corrected chi connectivity index (χ1v) is 17.8. The smallest absolute Gasteiger partial charge is 0.201 e. The third-order valence-electron chi connectivity index (χ3n) is 11.2. The van der Waals surface area contributed by atoms with Crippen LogP contribution in [0.4, 0.5) is 0 Å². The molecule has 5 heteroatoms. The van der Waals surface area contributed by atoms with E-state index in [0.717, 1.165) is 32.1 Å². The fourth-order valence-corrected chi connectivity index (χ4v) is 8.56. The maximum atomic E-state index is 11.0. The first-order chi connectivity index (χ1) is 19.4. The molecule has 0 unspecified atom stereocenters. The molecule has 5 fully saturated rings. The van der Waals surface area contributed by atoms with Crippen molar-refractivity contribution in [2.24, 2.45) is 23.7 Å². The second kappa shape index (κ2) is 16.0. The zero-order chi connectivity index (χ0) is 28.4. The summed E-state index contributed by atoms with van der Waals surface area (Å²) in [6, 6.07) is 0. The van der Waals surface area contributed by atoms with Gasteiger partial charge in [0.25, 0.3) is 0 Å². The molecule has 2 bridgehead atoms. The average Bonchev–Trinajstić information content (AvgIpc) is 3.17. The van der Waals surface area contributed by atoms with E-state index in [1.807, 2.05) is 6.92 Å². The summed E-state index contributed by atoms with van der Waals surface area (Å²) >= 11 is 0. The third-order valence-corrected chi connectivity index (χ3v) is 11.2. The lowest BCUT2D eigenvalue weighted by molar-refractivity contribution is -0.571. The van der Waals surface area contributed by atoms with Gasteiger partial charge in [0.1, 0.15) is 0 Å². The zero-order valence-corrected chi connectivity index (χ0v) is 26.7. The van der Waals surface area contributed by atoms with E-state index in [0.29, 0.717) is 30.1 Å². The summed E-state index contributed by atoms with van der Waals surface area (Å²) in [5.74, 6) is 0.928. The van der Waals surface area contributed by atoms with Gasteiger partial charge in [0.15, 0.2) is 11.9 Å². The van der Waals surface area contributed by atoms with Crippen molar-refractivity contribution < 1.29 is 24.4 Å². The summed E-state index contributed by atoms with van der Waals surface area (Å²) in [7, 11) is 0. The number of ether oxygens (including phenoxy) is 2. The molecule has 9 atom stereocenters. The van der Waals surface area contributed by atoms with Crippen LogP contribution in [-0.4, -0.2) is 35.0 Å². The normalized spacial score (nSPS) is 37.7. The lowest BCUT2D eigenvalue weighted by Gasteiger charge is -2.60. The largest absolute Gasteiger partial charge is 0.393 e. The Bertz CT molecular complexity index is 716. The van der Waals surface area contributed by atoms with Crippen molar-refractivity contribution in [1.29, 1.82) is 0 Å². The highest BCUT2D eigenvalue weighted by molar-refractivity contribution is 5.10. The van der Waals surface area contributed by atoms with Crippen molar-refractivity contribution in [2.45, 2.75) is 199 Å². The first-order valence-electron chi connectivity index (χ1n) is 17.8. The zero-order valence-electron chi connectivity index (χ0n) is 26.7. The van der Waals surface area contributed by atoms with Gasteiger partial charge in [-0.25, -0.2) is 9.78 Å². The number of aliphatic hydroxyl groups is 1. The number of aliphatic hydroxyl groups excluding tert-OH is 1. The first kappa shape index (κ1) is 32.7. The Kier molecular flexibility index (Phi) is 13.1. The van der Waals surface area contributed by atoms with Crippen LogP contribution in [0.15, 0.2) is 0 Å². The summed E-state index contributed by atoms with van der Waals surface area (Å²) in [6.07, 6.45) is 27.2. The Labute approximate surface area is 246 Å². The van der Waals surface area contributed by atoms with Crippen LogP contribution in [0.1, 0.15) is 169 Å². The van der Waals surface area contributed by atoms with Gasteiger partial charge in [0, 0.05) is 12.3 Å². The van der Waals surface area contributed by atoms with Gasteiger partial charge in [-0.2, -0.15) is 0 Å². The summed E-state index contributed by atoms with van der Waals surface area (Å²) in [5, 5.41) is 11.0. The van der Waals surface area contributed by atoms with Gasteiger partial charge in [-0.15, -0.1) is 0 Å². The van der Waals surface area contributed by atoms with Crippen molar-refractivity contribution in [3.05, 3.63) is 0 Å². The molecule has 4 saturated heterocycles. The maximum absolute atomic E-state index is 11.0. The molecule has 0 aromatic carbocycles. The molecule has 1 saturated carbocycles. The number of rotatable bonds is 19. The molecule has 5 nitrogen and oxygen atoms in total. The van der Waals surface area contributed by atoms with Crippen LogP contribution in [0, 0.1) is 23.7 Å². The number of unbranched alkanes of at least 4 members (excludes halogenated alkanes) is 15. The minimum Gasteiger partial charge on any atom is -0.393 e. The van der Waals surface area contributed by atoms with E-state index >= 15 is 0 Å². The predicted molar refractivity (Wildman–Crippen MR) is 162 cm³/mol. The van der Waals surface area contributed by atoms with Crippen molar-refractivity contribution in [1.82, 2.24) is 0 Å². The lowest BCUT2D eigenvalue weighted by atomic mass is 9.57. The minimum atomic E-state index is -0.727. The van der Waals surface area contributed by atoms with E-state index < -0.39 is 17.7 Å². The molecule has 4 heterocycles. The van der Waals surface area contributed by atoms with E-state index in [4.69, 9.17) is 19.2 Å². The number of hydrogen-bond acceptors (Lipinski definition) is 5. The molecule has 0 radical (unpaired) electrons. The van der Waals surface area contributed by atoms with E-state index in [1.54, 1.807) is 0 Å². The van der Waals surface area contributed by atoms with Gasteiger partial charge in [0.05, 0.1) is 12.2 Å². The van der Waals surface area contributed by atoms with Crippen molar-refractivity contribution in [2.75, 3.05) is 0 Å². The molecule has 0 aromatic rings. The Balaban J connectivity index is 1.07. The van der Waals surface area contributed by atoms with Crippen LogP contribution < -0.4 is 0 Å². The summed E-state index contributed by atoms with van der Waals surface area (Å²) in [5.41, 5.74) is -0.498. The second-order valence-corrected chi connectivity index (χ2v) is 14.4. The summed E-state index contributed by atoms with van der Waals surface area (Å²) < 4.78 is 13.2.